The lowest BCUT2D eigenvalue weighted by molar-refractivity contribution is -0.255. The molecule has 0 aliphatic carbocycles. The molecule has 0 saturated carbocycles. The third-order valence-corrected chi connectivity index (χ3v) is 3.72. The molecule has 114 valence electrons. The van der Waals surface area contributed by atoms with E-state index in [2.05, 4.69) is 9.05 Å². The molecule has 1 rings (SSSR count). The minimum Gasteiger partial charge on any atom is -0.302 e. The molecule has 1 aliphatic rings. The quantitative estimate of drug-likeness (QED) is 0.642. The highest BCUT2D eigenvalue weighted by molar-refractivity contribution is 7.47. The maximum absolute atomic E-state index is 13.5. The number of alkyl halides is 5. The molecule has 10 heteroatoms. The standard InChI is InChI=1S/C9H14F5O4P/c10-6-8(11,12)9(13,14)7-4-2-1-3-5-17-19(15,16)18-7/h7H,1-6H2,(H,15,16). The van der Waals surface area contributed by atoms with Crippen LogP contribution in [0.3, 0.4) is 0 Å². The van der Waals surface area contributed by atoms with Crippen molar-refractivity contribution in [2.45, 2.75) is 43.6 Å². The lowest BCUT2D eigenvalue weighted by Crippen LogP contribution is -2.51. The molecule has 2 atom stereocenters. The average Bonchev–Trinajstić information content (AvgIpc) is 2.39. The van der Waals surface area contributed by atoms with Gasteiger partial charge in [0.2, 0.25) is 0 Å². The molecule has 19 heavy (non-hydrogen) atoms. The van der Waals surface area contributed by atoms with Gasteiger partial charge >= 0.3 is 19.7 Å². The van der Waals surface area contributed by atoms with Gasteiger partial charge in [-0.1, -0.05) is 12.8 Å². The van der Waals surface area contributed by atoms with E-state index in [1.807, 2.05) is 0 Å². The van der Waals surface area contributed by atoms with Crippen LogP contribution in [0, 0.1) is 0 Å². The summed E-state index contributed by atoms with van der Waals surface area (Å²) in [4.78, 5) is 9.12. The van der Waals surface area contributed by atoms with Gasteiger partial charge in [0.05, 0.1) is 6.61 Å². The number of hydrogen-bond acceptors (Lipinski definition) is 3. The maximum Gasteiger partial charge on any atom is 0.472 e. The van der Waals surface area contributed by atoms with E-state index in [-0.39, 0.29) is 13.0 Å². The predicted molar refractivity (Wildman–Crippen MR) is 55.0 cm³/mol. The molecule has 1 aliphatic heterocycles. The van der Waals surface area contributed by atoms with Gasteiger partial charge < -0.3 is 4.89 Å². The van der Waals surface area contributed by atoms with Gasteiger partial charge in [0.15, 0.2) is 6.67 Å². The van der Waals surface area contributed by atoms with Crippen LogP contribution in [0.15, 0.2) is 0 Å². The molecule has 1 fully saturated rings. The fourth-order valence-electron chi connectivity index (χ4n) is 1.60. The van der Waals surface area contributed by atoms with Gasteiger partial charge in [-0.25, -0.2) is 8.96 Å². The summed E-state index contributed by atoms with van der Waals surface area (Å²) in [5, 5.41) is 0. The Morgan fingerprint density at radius 3 is 2.42 bits per heavy atom. The van der Waals surface area contributed by atoms with Gasteiger partial charge in [0, 0.05) is 0 Å². The van der Waals surface area contributed by atoms with Gasteiger partial charge in [-0.15, -0.1) is 0 Å². The van der Waals surface area contributed by atoms with Crippen LogP contribution in [0.25, 0.3) is 0 Å². The largest absolute Gasteiger partial charge is 0.472 e. The first-order valence-electron chi connectivity index (χ1n) is 5.60. The molecule has 4 nitrogen and oxygen atoms in total. The van der Waals surface area contributed by atoms with E-state index in [9.17, 15) is 26.5 Å². The fourth-order valence-corrected chi connectivity index (χ4v) is 2.58. The number of hydrogen-bond donors (Lipinski definition) is 1. The van der Waals surface area contributed by atoms with Crippen molar-refractivity contribution in [1.82, 2.24) is 0 Å². The predicted octanol–water partition coefficient (Wildman–Crippen LogP) is 3.30. The minimum absolute atomic E-state index is 0.0754. The summed E-state index contributed by atoms with van der Waals surface area (Å²) in [6.07, 6.45) is -2.43. The number of phosphoric ester groups is 1. The van der Waals surface area contributed by atoms with E-state index in [1.165, 1.54) is 0 Å². The molecular formula is C9H14F5O4P. The van der Waals surface area contributed by atoms with Crippen molar-refractivity contribution >= 4 is 7.82 Å². The number of rotatable bonds is 3. The molecule has 0 aromatic carbocycles. The summed E-state index contributed by atoms with van der Waals surface area (Å²) in [5.41, 5.74) is 0. The Morgan fingerprint density at radius 2 is 1.84 bits per heavy atom. The van der Waals surface area contributed by atoms with Crippen molar-refractivity contribution in [3.05, 3.63) is 0 Å². The van der Waals surface area contributed by atoms with Crippen LogP contribution in [0.4, 0.5) is 22.0 Å². The Bertz CT molecular complexity index is 352. The molecule has 0 bridgehead atoms. The van der Waals surface area contributed by atoms with Crippen LogP contribution < -0.4 is 0 Å². The Kier molecular flexibility index (Phi) is 5.34. The van der Waals surface area contributed by atoms with E-state index in [0.717, 1.165) is 0 Å². The van der Waals surface area contributed by atoms with Gasteiger partial charge in [-0.05, 0) is 12.8 Å². The maximum atomic E-state index is 13.5. The summed E-state index contributed by atoms with van der Waals surface area (Å²) in [7, 11) is -4.85. The van der Waals surface area contributed by atoms with Crippen LogP contribution in [0.1, 0.15) is 25.7 Å². The molecule has 0 radical (unpaired) electrons. The third kappa shape index (κ3) is 4.11. The third-order valence-electron chi connectivity index (χ3n) is 2.69. The summed E-state index contributed by atoms with van der Waals surface area (Å²) >= 11 is 0. The van der Waals surface area contributed by atoms with Crippen molar-refractivity contribution in [3.8, 4) is 0 Å². The Labute approximate surface area is 106 Å². The zero-order chi connectivity index (χ0) is 14.7. The molecular weight excluding hydrogens is 298 g/mol. The Hall–Kier alpha value is -0.240. The van der Waals surface area contributed by atoms with Crippen molar-refractivity contribution in [2.24, 2.45) is 0 Å². The van der Waals surface area contributed by atoms with Crippen LogP contribution >= 0.6 is 7.82 Å². The fraction of sp³-hybridized carbons (Fsp3) is 1.00. The van der Waals surface area contributed by atoms with E-state index >= 15 is 0 Å². The average molecular weight is 312 g/mol. The van der Waals surface area contributed by atoms with Crippen molar-refractivity contribution in [3.63, 3.8) is 0 Å². The van der Waals surface area contributed by atoms with Crippen LogP contribution in [-0.2, 0) is 13.6 Å². The normalized spacial score (nSPS) is 31.4. The van der Waals surface area contributed by atoms with Gasteiger partial charge in [0.25, 0.3) is 0 Å². The van der Waals surface area contributed by atoms with Crippen molar-refractivity contribution in [1.29, 1.82) is 0 Å². The molecule has 0 amide bonds. The first kappa shape index (κ1) is 16.8. The summed E-state index contributed by atoms with van der Waals surface area (Å²) in [6.45, 7) is -2.79. The second kappa shape index (κ2) is 6.03. The summed E-state index contributed by atoms with van der Waals surface area (Å²) < 4.78 is 84.5. The highest BCUT2D eigenvalue weighted by atomic mass is 31.2. The minimum atomic E-state index is -4.97. The monoisotopic (exact) mass is 312 g/mol. The number of halogens is 5. The lowest BCUT2D eigenvalue weighted by Gasteiger charge is -2.31. The zero-order valence-electron chi connectivity index (χ0n) is 9.83. The van der Waals surface area contributed by atoms with E-state index in [4.69, 9.17) is 4.89 Å². The van der Waals surface area contributed by atoms with E-state index < -0.39 is 38.9 Å². The molecule has 1 N–H and O–H groups in total. The first-order valence-corrected chi connectivity index (χ1v) is 7.09. The highest BCUT2D eigenvalue weighted by Crippen LogP contribution is 2.51. The highest BCUT2D eigenvalue weighted by Gasteiger charge is 2.62. The SMILES string of the molecule is O=P1(O)OCCCCCC(C(F)(F)C(F)(F)CF)O1. The molecule has 2 unspecified atom stereocenters. The summed E-state index contributed by atoms with van der Waals surface area (Å²) in [5.74, 6) is -9.86. The van der Waals surface area contributed by atoms with Crippen molar-refractivity contribution < 1.29 is 40.5 Å². The van der Waals surface area contributed by atoms with Gasteiger partial charge in [0.1, 0.15) is 6.10 Å². The second-order valence-electron chi connectivity index (χ2n) is 4.21. The van der Waals surface area contributed by atoms with Crippen LogP contribution in [0.5, 0.6) is 0 Å². The second-order valence-corrected chi connectivity index (χ2v) is 5.61. The molecule has 0 aromatic heterocycles. The number of phosphoric acid groups is 1. The zero-order valence-corrected chi connectivity index (χ0v) is 10.7. The van der Waals surface area contributed by atoms with Gasteiger partial charge in [-0.2, -0.15) is 17.6 Å². The van der Waals surface area contributed by atoms with Crippen molar-refractivity contribution in [2.75, 3.05) is 13.3 Å². The van der Waals surface area contributed by atoms with Gasteiger partial charge in [-0.3, -0.25) is 9.05 Å². The van der Waals surface area contributed by atoms with Crippen LogP contribution in [0.2, 0.25) is 0 Å². The lowest BCUT2D eigenvalue weighted by atomic mass is 10.0. The van der Waals surface area contributed by atoms with E-state index in [1.54, 1.807) is 0 Å². The molecule has 0 spiro atoms. The topological polar surface area (TPSA) is 55.8 Å². The molecule has 1 heterocycles. The first-order chi connectivity index (χ1) is 8.62. The summed E-state index contributed by atoms with van der Waals surface area (Å²) in [6, 6.07) is 0. The smallest absolute Gasteiger partial charge is 0.302 e. The van der Waals surface area contributed by atoms with E-state index in [0.29, 0.717) is 12.8 Å². The Morgan fingerprint density at radius 1 is 1.21 bits per heavy atom. The molecule has 0 aromatic rings. The Balaban J connectivity index is 2.96. The van der Waals surface area contributed by atoms with Crippen LogP contribution in [-0.4, -0.2) is 36.1 Å². The molecule has 1 saturated heterocycles.